The van der Waals surface area contributed by atoms with Gasteiger partial charge in [-0.1, -0.05) is 22.0 Å². The van der Waals surface area contributed by atoms with Crippen LogP contribution in [-0.2, 0) is 9.53 Å². The molecule has 0 saturated carbocycles. The van der Waals surface area contributed by atoms with Gasteiger partial charge in [0.05, 0.1) is 0 Å². The number of nitrogens with one attached hydrogen (secondary N) is 2. The highest BCUT2D eigenvalue weighted by Gasteiger charge is 2.21. The number of ether oxygens (including phenoxy) is 1. The zero-order valence-corrected chi connectivity index (χ0v) is 14.5. The van der Waals surface area contributed by atoms with E-state index in [4.69, 9.17) is 4.74 Å². The van der Waals surface area contributed by atoms with E-state index >= 15 is 0 Å². The third-order valence-corrected chi connectivity index (χ3v) is 3.42. The Morgan fingerprint density at radius 1 is 1.29 bits per heavy atom. The predicted molar refractivity (Wildman–Crippen MR) is 86.3 cm³/mol. The maximum atomic E-state index is 12.0. The zero-order chi connectivity index (χ0) is 16.2. The van der Waals surface area contributed by atoms with Gasteiger partial charge in [-0.25, -0.2) is 4.79 Å². The summed E-state index contributed by atoms with van der Waals surface area (Å²) in [6.45, 7) is 8.86. The summed E-state index contributed by atoms with van der Waals surface area (Å²) in [5.41, 5.74) is 1.14. The van der Waals surface area contributed by atoms with Crippen LogP contribution in [0.1, 0.15) is 33.3 Å². The number of anilines is 1. The molecule has 116 valence electrons. The maximum absolute atomic E-state index is 12.0. The summed E-state index contributed by atoms with van der Waals surface area (Å²) < 4.78 is 6.02. The number of aryl methyl sites for hydroxylation is 1. The van der Waals surface area contributed by atoms with Gasteiger partial charge in [0.15, 0.2) is 0 Å². The molecule has 5 nitrogen and oxygen atoms in total. The van der Waals surface area contributed by atoms with E-state index < -0.39 is 17.7 Å². The van der Waals surface area contributed by atoms with Crippen LogP contribution in [0.25, 0.3) is 0 Å². The average Bonchev–Trinajstić information content (AvgIpc) is 2.31. The molecular weight excluding hydrogens is 336 g/mol. The fourth-order valence-electron chi connectivity index (χ4n) is 1.47. The lowest BCUT2D eigenvalue weighted by Gasteiger charge is -2.21. The summed E-state index contributed by atoms with van der Waals surface area (Å²) in [5.74, 6) is -0.309. The summed E-state index contributed by atoms with van der Waals surface area (Å²) in [6, 6.07) is 4.82. The van der Waals surface area contributed by atoms with Crippen molar-refractivity contribution in [1.82, 2.24) is 5.32 Å². The second kappa shape index (κ2) is 6.93. The van der Waals surface area contributed by atoms with Gasteiger partial charge >= 0.3 is 6.09 Å². The lowest BCUT2D eigenvalue weighted by Crippen LogP contribution is -2.43. The molecule has 0 aliphatic carbocycles. The SMILES string of the molecule is Cc1ccc(NC(=O)C(C)NC(=O)OC(C)(C)C)cc1Br. The topological polar surface area (TPSA) is 67.4 Å². The number of hydrogen-bond donors (Lipinski definition) is 2. The molecule has 0 spiro atoms. The molecule has 1 aromatic rings. The van der Waals surface area contributed by atoms with E-state index in [1.54, 1.807) is 33.8 Å². The first-order chi connectivity index (χ1) is 9.58. The van der Waals surface area contributed by atoms with Gasteiger partial charge in [-0.2, -0.15) is 0 Å². The van der Waals surface area contributed by atoms with Crippen molar-refractivity contribution < 1.29 is 14.3 Å². The number of carbonyl (C=O) groups excluding carboxylic acids is 2. The molecule has 0 aliphatic heterocycles. The Balaban J connectivity index is 2.58. The van der Waals surface area contributed by atoms with Crippen LogP contribution in [0.5, 0.6) is 0 Å². The Labute approximate surface area is 133 Å². The average molecular weight is 357 g/mol. The summed E-state index contributed by atoms with van der Waals surface area (Å²) in [5, 5.41) is 5.24. The molecule has 0 bridgehead atoms. The minimum Gasteiger partial charge on any atom is -0.444 e. The van der Waals surface area contributed by atoms with Gasteiger partial charge in [-0.15, -0.1) is 0 Å². The lowest BCUT2D eigenvalue weighted by molar-refractivity contribution is -0.117. The van der Waals surface area contributed by atoms with Crippen molar-refractivity contribution in [3.05, 3.63) is 28.2 Å². The number of alkyl carbamates (subject to hydrolysis) is 1. The van der Waals surface area contributed by atoms with Crippen LogP contribution in [0.15, 0.2) is 22.7 Å². The highest BCUT2D eigenvalue weighted by molar-refractivity contribution is 9.10. The Morgan fingerprint density at radius 3 is 2.43 bits per heavy atom. The van der Waals surface area contributed by atoms with Gasteiger partial charge in [-0.05, 0) is 52.3 Å². The molecule has 1 unspecified atom stereocenters. The van der Waals surface area contributed by atoms with E-state index in [0.29, 0.717) is 5.69 Å². The molecule has 6 heteroatoms. The molecule has 2 amide bonds. The zero-order valence-electron chi connectivity index (χ0n) is 12.9. The molecule has 1 rings (SSSR count). The van der Waals surface area contributed by atoms with E-state index in [1.807, 2.05) is 19.1 Å². The molecule has 1 atom stereocenters. The fraction of sp³-hybridized carbons (Fsp3) is 0.467. The summed E-state index contributed by atoms with van der Waals surface area (Å²) in [4.78, 5) is 23.6. The van der Waals surface area contributed by atoms with Gasteiger partial charge in [0, 0.05) is 10.2 Å². The van der Waals surface area contributed by atoms with Gasteiger partial charge in [0.25, 0.3) is 0 Å². The third kappa shape index (κ3) is 6.16. The van der Waals surface area contributed by atoms with Gasteiger partial charge in [0.2, 0.25) is 5.91 Å². The number of rotatable bonds is 3. The minimum atomic E-state index is -0.695. The first-order valence-electron chi connectivity index (χ1n) is 6.65. The van der Waals surface area contributed by atoms with Crippen molar-refractivity contribution in [1.29, 1.82) is 0 Å². The Morgan fingerprint density at radius 2 is 1.90 bits per heavy atom. The minimum absolute atomic E-state index is 0.309. The first-order valence-corrected chi connectivity index (χ1v) is 7.44. The molecule has 0 aromatic heterocycles. The van der Waals surface area contributed by atoms with Crippen LogP contribution in [0, 0.1) is 6.92 Å². The van der Waals surface area contributed by atoms with Crippen molar-refractivity contribution in [2.45, 2.75) is 46.3 Å². The molecule has 0 heterocycles. The fourth-order valence-corrected chi connectivity index (χ4v) is 1.85. The number of carbonyl (C=O) groups is 2. The van der Waals surface area contributed by atoms with Gasteiger partial charge < -0.3 is 15.4 Å². The smallest absolute Gasteiger partial charge is 0.408 e. The van der Waals surface area contributed by atoms with E-state index in [0.717, 1.165) is 10.0 Å². The molecule has 0 radical (unpaired) electrons. The molecule has 0 fully saturated rings. The Hall–Kier alpha value is -1.56. The number of halogens is 1. The Kier molecular flexibility index (Phi) is 5.78. The largest absolute Gasteiger partial charge is 0.444 e. The van der Waals surface area contributed by atoms with Crippen LogP contribution in [0.2, 0.25) is 0 Å². The number of benzene rings is 1. The van der Waals surface area contributed by atoms with Crippen molar-refractivity contribution >= 4 is 33.6 Å². The van der Waals surface area contributed by atoms with E-state index in [-0.39, 0.29) is 5.91 Å². The normalized spacial score (nSPS) is 12.5. The third-order valence-electron chi connectivity index (χ3n) is 2.57. The monoisotopic (exact) mass is 356 g/mol. The summed E-state index contributed by atoms with van der Waals surface area (Å²) >= 11 is 3.41. The second-order valence-corrected chi connectivity index (χ2v) is 6.68. The molecule has 21 heavy (non-hydrogen) atoms. The molecule has 1 aromatic carbocycles. The highest BCUT2D eigenvalue weighted by Crippen LogP contribution is 2.20. The quantitative estimate of drug-likeness (QED) is 0.869. The predicted octanol–water partition coefficient (Wildman–Crippen LogP) is 3.61. The maximum Gasteiger partial charge on any atom is 0.408 e. The van der Waals surface area contributed by atoms with Crippen molar-refractivity contribution in [2.75, 3.05) is 5.32 Å². The van der Waals surface area contributed by atoms with Crippen molar-refractivity contribution in [3.8, 4) is 0 Å². The van der Waals surface area contributed by atoms with Crippen LogP contribution < -0.4 is 10.6 Å². The van der Waals surface area contributed by atoms with Crippen molar-refractivity contribution in [3.63, 3.8) is 0 Å². The van der Waals surface area contributed by atoms with Crippen LogP contribution in [0.3, 0.4) is 0 Å². The number of amides is 2. The highest BCUT2D eigenvalue weighted by atomic mass is 79.9. The van der Waals surface area contributed by atoms with E-state index in [9.17, 15) is 9.59 Å². The number of hydrogen-bond acceptors (Lipinski definition) is 3. The molecule has 0 saturated heterocycles. The van der Waals surface area contributed by atoms with Crippen molar-refractivity contribution in [2.24, 2.45) is 0 Å². The van der Waals surface area contributed by atoms with Gasteiger partial charge in [0.1, 0.15) is 11.6 Å². The lowest BCUT2D eigenvalue weighted by atomic mass is 10.2. The summed E-state index contributed by atoms with van der Waals surface area (Å²) in [6.07, 6.45) is -0.616. The van der Waals surface area contributed by atoms with Crippen LogP contribution in [-0.4, -0.2) is 23.6 Å². The van der Waals surface area contributed by atoms with Gasteiger partial charge in [-0.3, -0.25) is 4.79 Å². The standard InChI is InChI=1S/C15H21BrN2O3/c1-9-6-7-11(8-12(9)16)18-13(19)10(2)17-14(20)21-15(3,4)5/h6-8,10H,1-5H3,(H,17,20)(H,18,19). The molecule has 2 N–H and O–H groups in total. The molecule has 0 aliphatic rings. The Bertz CT molecular complexity index is 538. The van der Waals surface area contributed by atoms with E-state index in [2.05, 4.69) is 26.6 Å². The first kappa shape index (κ1) is 17.5. The van der Waals surface area contributed by atoms with Crippen LogP contribution in [0.4, 0.5) is 10.5 Å². The molecular formula is C15H21BrN2O3. The summed E-state index contributed by atoms with van der Waals surface area (Å²) in [7, 11) is 0. The van der Waals surface area contributed by atoms with Crippen LogP contribution >= 0.6 is 15.9 Å². The van der Waals surface area contributed by atoms with E-state index in [1.165, 1.54) is 0 Å². The second-order valence-electron chi connectivity index (χ2n) is 5.82.